The van der Waals surface area contributed by atoms with Crippen molar-refractivity contribution in [1.29, 1.82) is 0 Å². The van der Waals surface area contributed by atoms with Crippen LogP contribution < -0.4 is 4.90 Å². The molecule has 2 saturated heterocycles. The lowest BCUT2D eigenvalue weighted by Crippen LogP contribution is -2.65. The summed E-state index contributed by atoms with van der Waals surface area (Å²) in [6.07, 6.45) is 4.31. The van der Waals surface area contributed by atoms with E-state index in [1.54, 1.807) is 12.1 Å². The van der Waals surface area contributed by atoms with Gasteiger partial charge in [0.2, 0.25) is 5.91 Å². The van der Waals surface area contributed by atoms with Gasteiger partial charge in [0, 0.05) is 31.9 Å². The number of rotatable bonds is 4. The number of carbonyl (C=O) groups excluding carboxylic acids is 1. The van der Waals surface area contributed by atoms with Crippen LogP contribution in [0.3, 0.4) is 0 Å². The van der Waals surface area contributed by atoms with Crippen molar-refractivity contribution in [2.45, 2.75) is 39.2 Å². The Kier molecular flexibility index (Phi) is 6.31. The van der Waals surface area contributed by atoms with Gasteiger partial charge in [-0.05, 0) is 50.8 Å². The summed E-state index contributed by atoms with van der Waals surface area (Å²) >= 11 is 0. The van der Waals surface area contributed by atoms with Crippen LogP contribution in [0.2, 0.25) is 0 Å². The van der Waals surface area contributed by atoms with Crippen molar-refractivity contribution in [3.8, 4) is 0 Å². The molecule has 33 heavy (non-hydrogen) atoms. The van der Waals surface area contributed by atoms with Crippen LogP contribution in [0.25, 0.3) is 11.0 Å². The minimum atomic E-state index is -0.640. The lowest BCUT2D eigenvalue weighted by atomic mass is 9.73. The monoisotopic (exact) mass is 453 g/mol. The maximum absolute atomic E-state index is 14.5. The molecule has 4 heterocycles. The third-order valence-corrected chi connectivity index (χ3v) is 6.54. The van der Waals surface area contributed by atoms with Crippen LogP contribution in [0.1, 0.15) is 31.2 Å². The number of hydrogen-bond donors (Lipinski definition) is 2. The highest BCUT2D eigenvalue weighted by atomic mass is 19.1. The van der Waals surface area contributed by atoms with Crippen LogP contribution in [0.4, 0.5) is 10.2 Å². The zero-order chi connectivity index (χ0) is 23.6. The van der Waals surface area contributed by atoms with Crippen LogP contribution in [0.5, 0.6) is 0 Å². The number of aromatic amines is 1. The first-order valence-corrected chi connectivity index (χ1v) is 11.1. The largest absolute Gasteiger partial charge is 0.483 e. The number of carboxylic acid groups (broad SMARTS) is 1. The molecule has 2 fully saturated rings. The summed E-state index contributed by atoms with van der Waals surface area (Å²) in [6, 6.07) is 8.95. The second-order valence-electron chi connectivity index (χ2n) is 8.83. The van der Waals surface area contributed by atoms with E-state index in [1.807, 2.05) is 30.2 Å². The van der Waals surface area contributed by atoms with Crippen LogP contribution in [0, 0.1) is 18.2 Å². The van der Waals surface area contributed by atoms with E-state index in [9.17, 15) is 9.18 Å². The van der Waals surface area contributed by atoms with Crippen molar-refractivity contribution >= 4 is 29.2 Å². The summed E-state index contributed by atoms with van der Waals surface area (Å²) < 4.78 is 14.5. The summed E-state index contributed by atoms with van der Waals surface area (Å²) in [5.41, 5.74) is 1.70. The Morgan fingerprint density at radius 2 is 2.03 bits per heavy atom. The van der Waals surface area contributed by atoms with Crippen LogP contribution in [0.15, 0.2) is 36.5 Å². The first-order valence-electron chi connectivity index (χ1n) is 11.1. The van der Waals surface area contributed by atoms with E-state index in [4.69, 9.17) is 9.90 Å². The highest BCUT2D eigenvalue weighted by Crippen LogP contribution is 2.41. The molecule has 0 aliphatic carbocycles. The molecular weight excluding hydrogens is 425 g/mol. The number of hydrogen-bond acceptors (Lipinski definition) is 5. The third kappa shape index (κ3) is 4.27. The molecule has 0 radical (unpaired) electrons. The topological polar surface area (TPSA) is 102 Å². The highest BCUT2D eigenvalue weighted by Gasteiger charge is 2.53. The highest BCUT2D eigenvalue weighted by molar-refractivity contribution is 5.91. The lowest BCUT2D eigenvalue weighted by Gasteiger charge is -2.51. The molecule has 2 aromatic heterocycles. The predicted molar refractivity (Wildman–Crippen MR) is 122 cm³/mol. The van der Waals surface area contributed by atoms with Gasteiger partial charge in [-0.3, -0.25) is 9.59 Å². The van der Waals surface area contributed by atoms with E-state index in [1.165, 1.54) is 6.07 Å². The number of carbonyl (C=O) groups is 2. The first-order chi connectivity index (χ1) is 15.9. The molecule has 174 valence electrons. The molecule has 1 atom stereocenters. The number of likely N-dealkylation sites (tertiary alicyclic amines) is 1. The number of anilines is 1. The normalized spacial score (nSPS) is 19.1. The predicted octanol–water partition coefficient (Wildman–Crippen LogP) is 3.17. The molecule has 0 bridgehead atoms. The number of benzene rings is 1. The molecule has 2 aliphatic heterocycles. The van der Waals surface area contributed by atoms with E-state index in [-0.39, 0.29) is 24.2 Å². The summed E-state index contributed by atoms with van der Waals surface area (Å²) in [5, 5.41) is 6.89. The molecule has 2 aliphatic rings. The van der Waals surface area contributed by atoms with E-state index in [0.29, 0.717) is 30.9 Å². The smallest absolute Gasteiger partial charge is 0.290 e. The third-order valence-electron chi connectivity index (χ3n) is 6.54. The zero-order valence-electron chi connectivity index (χ0n) is 18.8. The Bertz CT molecular complexity index is 1160. The maximum Gasteiger partial charge on any atom is 0.290 e. The summed E-state index contributed by atoms with van der Waals surface area (Å²) in [6.45, 7) is 5.56. The number of nitrogens with one attached hydrogen (secondary N) is 1. The number of aromatic nitrogens is 3. The lowest BCUT2D eigenvalue weighted by molar-refractivity contribution is -0.144. The molecule has 1 amide bonds. The zero-order valence-corrected chi connectivity index (χ0v) is 18.8. The van der Waals surface area contributed by atoms with Crippen molar-refractivity contribution in [3.05, 3.63) is 53.7 Å². The van der Waals surface area contributed by atoms with Crippen LogP contribution >= 0.6 is 0 Å². The van der Waals surface area contributed by atoms with Crippen LogP contribution in [-0.2, 0) is 16.0 Å². The maximum atomic E-state index is 14.5. The Morgan fingerprint density at radius 1 is 1.30 bits per heavy atom. The van der Waals surface area contributed by atoms with Gasteiger partial charge in [0.1, 0.15) is 17.2 Å². The van der Waals surface area contributed by atoms with Gasteiger partial charge in [-0.25, -0.2) is 14.4 Å². The fraction of sp³-hybridized carbons (Fsp3) is 0.417. The number of H-pyrrole nitrogens is 1. The number of aryl methyl sites for hydroxylation is 1. The van der Waals surface area contributed by atoms with E-state index in [2.05, 4.69) is 26.8 Å². The fourth-order valence-corrected chi connectivity index (χ4v) is 4.97. The Hall–Kier alpha value is -3.49. The quantitative estimate of drug-likeness (QED) is 0.589. The van der Waals surface area contributed by atoms with E-state index < -0.39 is 5.41 Å². The number of halogens is 1. The second-order valence-corrected chi connectivity index (χ2v) is 8.83. The average Bonchev–Trinajstić information content (AvgIpc) is 3.40. The van der Waals surface area contributed by atoms with E-state index in [0.717, 1.165) is 36.2 Å². The Labute approximate surface area is 191 Å². The van der Waals surface area contributed by atoms with Crippen LogP contribution in [-0.4, -0.2) is 63.0 Å². The Morgan fingerprint density at radius 3 is 2.70 bits per heavy atom. The molecule has 5 rings (SSSR count). The molecule has 9 heteroatoms. The van der Waals surface area contributed by atoms with Crippen molar-refractivity contribution in [1.82, 2.24) is 19.9 Å². The minimum Gasteiger partial charge on any atom is -0.483 e. The molecule has 8 nitrogen and oxygen atoms in total. The van der Waals surface area contributed by atoms with Crippen molar-refractivity contribution in [2.24, 2.45) is 5.41 Å². The van der Waals surface area contributed by atoms with Gasteiger partial charge in [-0.1, -0.05) is 18.2 Å². The molecule has 0 spiro atoms. The van der Waals surface area contributed by atoms with Gasteiger partial charge in [-0.2, -0.15) is 0 Å². The molecular formula is C24H28FN5O3. The van der Waals surface area contributed by atoms with Gasteiger partial charge in [0.05, 0.1) is 10.9 Å². The van der Waals surface area contributed by atoms with Crippen molar-refractivity contribution < 1.29 is 19.1 Å². The number of fused-ring (bicyclic) bond motifs is 1. The number of amides is 1. The molecule has 3 aromatic rings. The van der Waals surface area contributed by atoms with Crippen molar-refractivity contribution in [3.63, 3.8) is 0 Å². The number of nitrogens with zero attached hydrogens (tertiary/aromatic N) is 4. The molecule has 1 unspecified atom stereocenters. The fourth-order valence-electron chi connectivity index (χ4n) is 4.97. The SMILES string of the molecule is Cc1nc(N2CC(Cc3ccccc3F)(C(=O)N3CCCC3C)C2)c2[nH]ccc2n1.O=CO. The van der Waals surface area contributed by atoms with Gasteiger partial charge in [0.25, 0.3) is 6.47 Å². The summed E-state index contributed by atoms with van der Waals surface area (Å²) in [7, 11) is 0. The van der Waals surface area contributed by atoms with Gasteiger partial charge >= 0.3 is 0 Å². The molecule has 2 N–H and O–H groups in total. The first kappa shape index (κ1) is 22.7. The second kappa shape index (κ2) is 9.17. The van der Waals surface area contributed by atoms with Gasteiger partial charge < -0.3 is 19.9 Å². The molecule has 0 saturated carbocycles. The minimum absolute atomic E-state index is 0.139. The average molecular weight is 454 g/mol. The standard InChI is InChI=1S/C23H26FN5O.CH2O2/c1-15-6-5-11-29(15)22(30)23(12-17-7-3-4-8-18(17)24)13-28(14-23)21-20-19(9-10-25-20)26-16(2)27-21;2-1-3/h3-4,7-10,15,25H,5-6,11-14H2,1-2H3;1H,(H,2,3). The summed E-state index contributed by atoms with van der Waals surface area (Å²) in [5.74, 6) is 1.40. The van der Waals surface area contributed by atoms with Crippen molar-refractivity contribution in [2.75, 3.05) is 24.5 Å². The van der Waals surface area contributed by atoms with E-state index >= 15 is 0 Å². The van der Waals surface area contributed by atoms with Gasteiger partial charge in [-0.15, -0.1) is 0 Å². The summed E-state index contributed by atoms with van der Waals surface area (Å²) in [4.78, 5) is 38.5. The Balaban J connectivity index is 0.000000821. The molecule has 1 aromatic carbocycles. The van der Waals surface area contributed by atoms with Gasteiger partial charge in [0.15, 0.2) is 5.82 Å².